The van der Waals surface area contributed by atoms with E-state index in [4.69, 9.17) is 28.6 Å². The van der Waals surface area contributed by atoms with Gasteiger partial charge in [-0.2, -0.15) is 0 Å². The summed E-state index contributed by atoms with van der Waals surface area (Å²) in [5.41, 5.74) is 2.40. The van der Waals surface area contributed by atoms with Crippen molar-refractivity contribution in [1.29, 1.82) is 0 Å². The maximum absolute atomic E-state index is 11.7. The van der Waals surface area contributed by atoms with E-state index >= 15 is 0 Å². The number of fused-ring (bicyclic) bond motifs is 1. The Morgan fingerprint density at radius 1 is 1.56 bits per heavy atom. The number of hydrogen-bond donors (Lipinski definition) is 0. The van der Waals surface area contributed by atoms with Gasteiger partial charge in [-0.15, -0.1) is 0 Å². The first-order valence-corrected chi connectivity index (χ1v) is 6.39. The molecule has 0 radical (unpaired) electrons. The monoisotopic (exact) mass is 281 g/mol. The first kappa shape index (κ1) is 13.2. The number of rotatable bonds is 2. The Morgan fingerprint density at radius 3 is 2.94 bits per heavy atom. The summed E-state index contributed by atoms with van der Waals surface area (Å²) in [6.07, 6.45) is 1.53. The van der Waals surface area contributed by atoms with Crippen LogP contribution in [0.5, 0.6) is 0 Å². The highest BCUT2D eigenvalue weighted by molar-refractivity contribution is 7.81. The molecule has 1 unspecified atom stereocenters. The van der Waals surface area contributed by atoms with Gasteiger partial charge in [-0.1, -0.05) is 29.9 Å². The smallest absolute Gasteiger partial charge is 0.319 e. The molecule has 0 amide bonds. The summed E-state index contributed by atoms with van der Waals surface area (Å²) < 4.78 is 4.98. The van der Waals surface area contributed by atoms with E-state index < -0.39 is 5.92 Å². The molecule has 1 aliphatic heterocycles. The van der Waals surface area contributed by atoms with Gasteiger partial charge in [0.05, 0.1) is 12.3 Å². The topological polar surface area (TPSA) is 38.7 Å². The Bertz CT molecular complexity index is 554. The normalized spacial score (nSPS) is 17.5. The molecule has 1 heterocycles. The number of hydrogen-bond acceptors (Lipinski definition) is 4. The summed E-state index contributed by atoms with van der Waals surface area (Å²) in [4.78, 5) is 16.6. The molecule has 0 spiro atoms. The molecular weight excluding hydrogens is 270 g/mol. The van der Waals surface area contributed by atoms with Crippen LogP contribution in [-0.4, -0.2) is 23.7 Å². The lowest BCUT2D eigenvalue weighted by molar-refractivity contribution is -0.143. The van der Waals surface area contributed by atoms with Gasteiger partial charge < -0.3 is 4.74 Å². The summed E-state index contributed by atoms with van der Waals surface area (Å²) >= 11 is 11.4. The molecule has 5 heteroatoms. The van der Waals surface area contributed by atoms with Gasteiger partial charge in [0.1, 0.15) is 5.92 Å². The van der Waals surface area contributed by atoms with E-state index in [9.17, 15) is 4.79 Å². The minimum Gasteiger partial charge on any atom is -0.465 e. The fraction of sp³-hybridized carbons (Fsp3) is 0.308. The zero-order valence-electron chi connectivity index (χ0n) is 10.1. The van der Waals surface area contributed by atoms with Crippen LogP contribution in [0.15, 0.2) is 17.1 Å². The van der Waals surface area contributed by atoms with E-state index in [-0.39, 0.29) is 5.97 Å². The van der Waals surface area contributed by atoms with Crippen molar-refractivity contribution in [2.24, 2.45) is 10.9 Å². The number of carbonyl (C=O) groups is 1. The maximum Gasteiger partial charge on any atom is 0.319 e. The number of carbonyl (C=O) groups excluding carboxylic acids is 1. The van der Waals surface area contributed by atoms with Gasteiger partial charge in [0.15, 0.2) is 0 Å². The fourth-order valence-corrected chi connectivity index (χ4v) is 2.30. The van der Waals surface area contributed by atoms with Crippen molar-refractivity contribution in [1.82, 2.24) is 0 Å². The number of esters is 1. The molecule has 1 aromatic rings. The van der Waals surface area contributed by atoms with E-state index in [1.807, 2.05) is 6.92 Å². The number of nitrogens with zero attached hydrogens (tertiary/aromatic N) is 1. The third-order valence-corrected chi connectivity index (χ3v) is 3.69. The number of ether oxygens (including phenoxy) is 1. The van der Waals surface area contributed by atoms with E-state index in [0.717, 1.165) is 16.8 Å². The number of halogens is 1. The average Bonchev–Trinajstić information content (AvgIpc) is 2.34. The second-order valence-electron chi connectivity index (χ2n) is 3.94. The van der Waals surface area contributed by atoms with Crippen LogP contribution < -0.4 is 0 Å². The molecule has 0 saturated carbocycles. The fourth-order valence-electron chi connectivity index (χ4n) is 1.82. The summed E-state index contributed by atoms with van der Waals surface area (Å²) in [6, 6.07) is 3.57. The van der Waals surface area contributed by atoms with Crippen molar-refractivity contribution in [2.45, 2.75) is 13.8 Å². The molecule has 1 aromatic carbocycles. The van der Waals surface area contributed by atoms with Crippen LogP contribution in [-0.2, 0) is 9.53 Å². The molecule has 2 rings (SSSR count). The molecule has 1 aliphatic rings. The number of aliphatic imine (C=N–C) groups is 1. The van der Waals surface area contributed by atoms with Crippen LogP contribution in [0, 0.1) is 12.8 Å². The predicted octanol–water partition coefficient (Wildman–Crippen LogP) is 3.26. The van der Waals surface area contributed by atoms with E-state index in [1.165, 1.54) is 6.21 Å². The first-order valence-electron chi connectivity index (χ1n) is 5.60. The van der Waals surface area contributed by atoms with Crippen LogP contribution in [0.1, 0.15) is 18.1 Å². The number of benzene rings is 1. The zero-order valence-corrected chi connectivity index (χ0v) is 11.6. The van der Waals surface area contributed by atoms with Crippen LogP contribution in [0.4, 0.5) is 5.69 Å². The summed E-state index contributed by atoms with van der Waals surface area (Å²) in [6.45, 7) is 3.98. The highest BCUT2D eigenvalue weighted by Crippen LogP contribution is 2.34. The number of thiocarbonyl (C=S) groups is 1. The molecule has 3 nitrogen and oxygen atoms in total. The standard InChI is InChI=1S/C13H12ClNO2S/c1-3-17-13(16)9-6-15-11-7(2)10(14)5-4-8(11)12(9)18/h4-6,9H,3H2,1-2H3. The van der Waals surface area contributed by atoms with E-state index in [2.05, 4.69) is 4.99 Å². The molecule has 0 aromatic heterocycles. The summed E-state index contributed by atoms with van der Waals surface area (Å²) in [5, 5.41) is 0.642. The second kappa shape index (κ2) is 5.16. The molecule has 0 saturated heterocycles. The third-order valence-electron chi connectivity index (χ3n) is 2.81. The molecule has 1 atom stereocenters. The van der Waals surface area contributed by atoms with Crippen LogP contribution in [0.25, 0.3) is 0 Å². The van der Waals surface area contributed by atoms with Crippen LogP contribution >= 0.6 is 23.8 Å². The lowest BCUT2D eigenvalue weighted by atomic mass is 9.94. The maximum atomic E-state index is 11.7. The van der Waals surface area contributed by atoms with Gasteiger partial charge >= 0.3 is 5.97 Å². The van der Waals surface area contributed by atoms with Gasteiger partial charge in [-0.05, 0) is 25.5 Å². The molecule has 0 aliphatic carbocycles. The first-order chi connectivity index (χ1) is 8.56. The predicted molar refractivity (Wildman–Crippen MR) is 76.2 cm³/mol. The van der Waals surface area contributed by atoms with Crippen molar-refractivity contribution in [2.75, 3.05) is 6.61 Å². The van der Waals surface area contributed by atoms with Crippen LogP contribution in [0.2, 0.25) is 5.02 Å². The van der Waals surface area contributed by atoms with Crippen molar-refractivity contribution in [3.8, 4) is 0 Å². The molecule has 18 heavy (non-hydrogen) atoms. The SMILES string of the molecule is CCOC(=O)C1C=Nc2c(ccc(Cl)c2C)C1=S. The van der Waals surface area contributed by atoms with Gasteiger partial charge in [-0.25, -0.2) is 0 Å². The second-order valence-corrected chi connectivity index (χ2v) is 4.79. The Balaban J connectivity index is 2.42. The quantitative estimate of drug-likeness (QED) is 0.617. The van der Waals surface area contributed by atoms with Crippen LogP contribution in [0.3, 0.4) is 0 Å². The minimum atomic E-state index is -0.576. The molecular formula is C13H12ClNO2S. The van der Waals surface area contributed by atoms with Crippen molar-refractivity contribution in [3.05, 3.63) is 28.3 Å². The van der Waals surface area contributed by atoms with Crippen molar-refractivity contribution < 1.29 is 9.53 Å². The largest absolute Gasteiger partial charge is 0.465 e. The molecule has 0 bridgehead atoms. The van der Waals surface area contributed by atoms with E-state index in [0.29, 0.717) is 16.5 Å². The third kappa shape index (κ3) is 2.18. The van der Waals surface area contributed by atoms with Gasteiger partial charge in [-0.3, -0.25) is 9.79 Å². The van der Waals surface area contributed by atoms with Crippen molar-refractivity contribution >= 4 is 46.6 Å². The zero-order chi connectivity index (χ0) is 13.3. The Hall–Kier alpha value is -1.26. The minimum absolute atomic E-state index is 0.332. The molecule has 0 N–H and O–H groups in total. The van der Waals surface area contributed by atoms with Gasteiger partial charge in [0, 0.05) is 21.7 Å². The Labute approximate surface area is 116 Å². The summed E-state index contributed by atoms with van der Waals surface area (Å²) in [5.74, 6) is -0.933. The van der Waals surface area contributed by atoms with Gasteiger partial charge in [0.2, 0.25) is 0 Å². The van der Waals surface area contributed by atoms with Crippen molar-refractivity contribution in [3.63, 3.8) is 0 Å². The average molecular weight is 282 g/mol. The highest BCUT2D eigenvalue weighted by Gasteiger charge is 2.29. The molecule has 94 valence electrons. The Morgan fingerprint density at radius 2 is 2.28 bits per heavy atom. The Kier molecular flexibility index (Phi) is 3.78. The lowest BCUT2D eigenvalue weighted by Gasteiger charge is -2.20. The summed E-state index contributed by atoms with van der Waals surface area (Å²) in [7, 11) is 0. The lowest BCUT2D eigenvalue weighted by Crippen LogP contribution is -2.29. The van der Waals surface area contributed by atoms with Gasteiger partial charge in [0.25, 0.3) is 0 Å². The van der Waals surface area contributed by atoms with E-state index in [1.54, 1.807) is 19.1 Å². The molecule has 0 fully saturated rings. The highest BCUT2D eigenvalue weighted by atomic mass is 35.5.